The number of imidazole rings is 1. The molecule has 0 bridgehead atoms. The van der Waals surface area contributed by atoms with Gasteiger partial charge in [0, 0.05) is 12.4 Å². The predicted octanol–water partition coefficient (Wildman–Crippen LogP) is 3.96. The van der Waals surface area contributed by atoms with E-state index >= 15 is 0 Å². The Morgan fingerprint density at radius 3 is 2.61 bits per heavy atom. The van der Waals surface area contributed by atoms with Gasteiger partial charge < -0.3 is 4.74 Å². The van der Waals surface area contributed by atoms with E-state index in [4.69, 9.17) is 4.74 Å². The fourth-order valence-electron chi connectivity index (χ4n) is 3.17. The van der Waals surface area contributed by atoms with Crippen molar-refractivity contribution in [2.24, 2.45) is 0 Å². The number of ether oxygens (including phenoxy) is 1. The molecule has 7 nitrogen and oxygen atoms in total. The number of benzene rings is 1. The minimum Gasteiger partial charge on any atom is -0.485 e. The molecule has 0 aliphatic heterocycles. The van der Waals surface area contributed by atoms with Crippen LogP contribution >= 0.6 is 0 Å². The van der Waals surface area contributed by atoms with E-state index in [1.807, 2.05) is 6.92 Å². The first kappa shape index (κ1) is 20.3. The van der Waals surface area contributed by atoms with E-state index in [1.54, 1.807) is 48.0 Å². The Bertz CT molecular complexity index is 1240. The van der Waals surface area contributed by atoms with Crippen LogP contribution in [-0.2, 0) is 6.61 Å². The van der Waals surface area contributed by atoms with E-state index in [0.29, 0.717) is 28.6 Å². The van der Waals surface area contributed by atoms with Gasteiger partial charge in [-0.05, 0) is 49.7 Å². The summed E-state index contributed by atoms with van der Waals surface area (Å²) in [5, 5.41) is 0. The van der Waals surface area contributed by atoms with Crippen LogP contribution in [0.15, 0.2) is 54.9 Å². The molecule has 0 saturated heterocycles. The van der Waals surface area contributed by atoms with Crippen molar-refractivity contribution in [3.63, 3.8) is 0 Å². The molecule has 4 aromatic rings. The number of carbonyl (C=O) groups excluding carboxylic acids is 1. The molecule has 4 rings (SSSR count). The Hall–Kier alpha value is -4.01. The second-order valence-corrected chi connectivity index (χ2v) is 6.90. The van der Waals surface area contributed by atoms with Crippen molar-refractivity contribution >= 4 is 17.4 Å². The topological polar surface area (TPSA) is 80.5 Å². The lowest BCUT2D eigenvalue weighted by molar-refractivity contribution is 0.0956. The molecule has 0 aliphatic carbocycles. The maximum atomic E-state index is 13.9. The van der Waals surface area contributed by atoms with Crippen LogP contribution in [-0.4, -0.2) is 20.3 Å². The number of halogens is 2. The maximum Gasteiger partial charge on any atom is 0.288 e. The van der Waals surface area contributed by atoms with Crippen LogP contribution in [0.4, 0.5) is 14.6 Å². The van der Waals surface area contributed by atoms with Crippen molar-refractivity contribution in [2.45, 2.75) is 20.5 Å². The van der Waals surface area contributed by atoms with Crippen molar-refractivity contribution in [2.75, 3.05) is 5.43 Å². The normalized spacial score (nSPS) is 10.8. The van der Waals surface area contributed by atoms with Crippen LogP contribution in [0.1, 0.15) is 27.3 Å². The summed E-state index contributed by atoms with van der Waals surface area (Å²) in [5.41, 5.74) is 7.07. The predicted molar refractivity (Wildman–Crippen MR) is 111 cm³/mol. The van der Waals surface area contributed by atoms with Gasteiger partial charge >= 0.3 is 0 Å². The van der Waals surface area contributed by atoms with Gasteiger partial charge in [0.25, 0.3) is 5.91 Å². The lowest BCUT2D eigenvalue weighted by Crippen LogP contribution is -2.31. The average Bonchev–Trinajstić information content (AvgIpc) is 3.08. The highest BCUT2D eigenvalue weighted by Crippen LogP contribution is 2.26. The smallest absolute Gasteiger partial charge is 0.288 e. The molecule has 9 heteroatoms. The van der Waals surface area contributed by atoms with E-state index in [9.17, 15) is 13.6 Å². The summed E-state index contributed by atoms with van der Waals surface area (Å²) in [6, 6.07) is 10.6. The van der Waals surface area contributed by atoms with Crippen LogP contribution in [0.2, 0.25) is 0 Å². The molecule has 158 valence electrons. The number of hydrazine groups is 1. The molecule has 1 aromatic carbocycles. The molecular formula is C22H19F2N5O2. The van der Waals surface area contributed by atoms with Gasteiger partial charge in [0.15, 0.2) is 11.4 Å². The number of aryl methyl sites for hydroxylation is 2. The Morgan fingerprint density at radius 2 is 1.90 bits per heavy atom. The number of hydrogen-bond acceptors (Lipinski definition) is 5. The number of nitrogens with zero attached hydrogens (tertiary/aromatic N) is 3. The second kappa shape index (κ2) is 8.39. The van der Waals surface area contributed by atoms with Crippen LogP contribution in [0.25, 0.3) is 5.65 Å². The molecule has 0 spiro atoms. The lowest BCUT2D eigenvalue weighted by atomic mass is 10.2. The second-order valence-electron chi connectivity index (χ2n) is 6.90. The molecule has 3 heterocycles. The molecule has 1 amide bonds. The fraction of sp³-hybridized carbons (Fsp3) is 0.136. The van der Waals surface area contributed by atoms with E-state index in [1.165, 1.54) is 18.2 Å². The number of pyridine rings is 2. The number of anilines is 1. The summed E-state index contributed by atoms with van der Waals surface area (Å²) in [5.74, 6) is -1.02. The summed E-state index contributed by atoms with van der Waals surface area (Å²) in [4.78, 5) is 21.3. The summed E-state index contributed by atoms with van der Waals surface area (Å²) in [6.07, 6.45) is 3.33. The highest BCUT2D eigenvalue weighted by atomic mass is 19.1. The highest BCUT2D eigenvalue weighted by Gasteiger charge is 2.20. The molecule has 2 N–H and O–H groups in total. The van der Waals surface area contributed by atoms with Gasteiger partial charge in [-0.3, -0.25) is 20.0 Å². The zero-order valence-electron chi connectivity index (χ0n) is 16.8. The van der Waals surface area contributed by atoms with Gasteiger partial charge in [-0.2, -0.15) is 0 Å². The maximum absolute atomic E-state index is 13.9. The molecule has 0 radical (unpaired) electrons. The molecule has 3 aromatic heterocycles. The minimum atomic E-state index is -0.691. The molecule has 0 atom stereocenters. The van der Waals surface area contributed by atoms with Crippen LogP contribution < -0.4 is 15.6 Å². The first-order valence-electron chi connectivity index (χ1n) is 9.46. The number of hydrogen-bond donors (Lipinski definition) is 2. The Morgan fingerprint density at radius 1 is 1.13 bits per heavy atom. The van der Waals surface area contributed by atoms with Crippen molar-refractivity contribution in [1.29, 1.82) is 0 Å². The molecule has 0 aliphatic rings. The monoisotopic (exact) mass is 423 g/mol. The van der Waals surface area contributed by atoms with Gasteiger partial charge in [0.2, 0.25) is 0 Å². The first-order valence-corrected chi connectivity index (χ1v) is 9.46. The lowest BCUT2D eigenvalue weighted by Gasteiger charge is -2.11. The summed E-state index contributed by atoms with van der Waals surface area (Å²) >= 11 is 0. The van der Waals surface area contributed by atoms with Crippen molar-refractivity contribution in [3.05, 3.63) is 89.0 Å². The third kappa shape index (κ3) is 4.16. The molecular weight excluding hydrogens is 404 g/mol. The van der Waals surface area contributed by atoms with Gasteiger partial charge in [-0.1, -0.05) is 12.1 Å². The summed E-state index contributed by atoms with van der Waals surface area (Å²) in [7, 11) is 0. The van der Waals surface area contributed by atoms with Crippen molar-refractivity contribution in [3.8, 4) is 5.75 Å². The van der Waals surface area contributed by atoms with E-state index in [-0.39, 0.29) is 12.2 Å². The Labute approximate surface area is 176 Å². The third-order valence-corrected chi connectivity index (χ3v) is 4.62. The standard InChI is InChI=1S/C22H19F2N5O2/c1-13-10-18(31-12-15-16(23)6-5-7-17(15)24)21-26-14(2)20(29(21)11-13)22(30)28-27-19-8-3-4-9-25-19/h3-11H,12H2,1-2H3,(H,25,27)(H,28,30). The van der Waals surface area contributed by atoms with Crippen molar-refractivity contribution < 1.29 is 18.3 Å². The molecule has 31 heavy (non-hydrogen) atoms. The average molecular weight is 423 g/mol. The zero-order chi connectivity index (χ0) is 22.0. The zero-order valence-corrected chi connectivity index (χ0v) is 16.8. The quantitative estimate of drug-likeness (QED) is 0.459. The number of aromatic nitrogens is 3. The third-order valence-electron chi connectivity index (χ3n) is 4.62. The van der Waals surface area contributed by atoms with Crippen LogP contribution in [0, 0.1) is 25.5 Å². The summed E-state index contributed by atoms with van der Waals surface area (Å²) in [6.45, 7) is 3.20. The first-order chi connectivity index (χ1) is 14.9. The van der Waals surface area contributed by atoms with Gasteiger partial charge in [0.1, 0.15) is 29.8 Å². The molecule has 0 fully saturated rings. The number of amides is 1. The van der Waals surface area contributed by atoms with E-state index in [2.05, 4.69) is 20.8 Å². The number of nitrogens with one attached hydrogen (secondary N) is 2. The van der Waals surface area contributed by atoms with Gasteiger partial charge in [-0.15, -0.1) is 0 Å². The minimum absolute atomic E-state index is 0.178. The fourth-order valence-corrected chi connectivity index (χ4v) is 3.17. The number of rotatable bonds is 6. The Kier molecular flexibility index (Phi) is 5.48. The number of fused-ring (bicyclic) bond motifs is 1. The van der Waals surface area contributed by atoms with Crippen molar-refractivity contribution in [1.82, 2.24) is 19.8 Å². The summed E-state index contributed by atoms with van der Waals surface area (Å²) < 4.78 is 35.2. The van der Waals surface area contributed by atoms with Gasteiger partial charge in [-0.25, -0.2) is 18.7 Å². The van der Waals surface area contributed by atoms with Crippen LogP contribution in [0.5, 0.6) is 5.75 Å². The molecule has 0 saturated carbocycles. The largest absolute Gasteiger partial charge is 0.485 e. The number of carbonyl (C=O) groups is 1. The Balaban J connectivity index is 1.62. The van der Waals surface area contributed by atoms with Gasteiger partial charge in [0.05, 0.1) is 11.3 Å². The van der Waals surface area contributed by atoms with E-state index in [0.717, 1.165) is 5.56 Å². The molecule has 0 unspecified atom stereocenters. The SMILES string of the molecule is Cc1cc(OCc2c(F)cccc2F)c2nc(C)c(C(=O)NNc3ccccn3)n2c1. The highest BCUT2D eigenvalue weighted by molar-refractivity contribution is 5.95. The van der Waals surface area contributed by atoms with E-state index < -0.39 is 17.5 Å². The van der Waals surface area contributed by atoms with Crippen LogP contribution in [0.3, 0.4) is 0 Å².